The number of nitrogens with zero attached hydrogens (tertiary/aromatic N) is 4. The number of ether oxygens (including phenoxy) is 1. The Kier molecular flexibility index (Phi) is 6.18. The van der Waals surface area contributed by atoms with Crippen molar-refractivity contribution in [3.63, 3.8) is 0 Å². The summed E-state index contributed by atoms with van der Waals surface area (Å²) >= 11 is 1.48. The highest BCUT2D eigenvalue weighted by Gasteiger charge is 2.24. The van der Waals surface area contributed by atoms with E-state index in [1.165, 1.54) is 23.3 Å². The molecule has 0 spiro atoms. The van der Waals surface area contributed by atoms with Gasteiger partial charge in [0, 0.05) is 7.05 Å². The van der Waals surface area contributed by atoms with Gasteiger partial charge in [-0.15, -0.1) is 11.3 Å². The Labute approximate surface area is 172 Å². The SMILES string of the molecule is COc1ccc(N(CC(=O)N(C)Cc2nc(-c3cccs3)no2)S(C)(=O)=O)cc1. The molecule has 0 aliphatic rings. The summed E-state index contributed by atoms with van der Waals surface area (Å²) in [5, 5.41) is 5.81. The topological polar surface area (TPSA) is 106 Å². The van der Waals surface area contributed by atoms with Gasteiger partial charge in [0.2, 0.25) is 27.6 Å². The fraction of sp³-hybridized carbons (Fsp3) is 0.278. The second-order valence-corrected chi connectivity index (χ2v) is 9.06. The van der Waals surface area contributed by atoms with Crippen molar-refractivity contribution < 1.29 is 22.5 Å². The zero-order valence-corrected chi connectivity index (χ0v) is 17.7. The van der Waals surface area contributed by atoms with Gasteiger partial charge >= 0.3 is 0 Å². The van der Waals surface area contributed by atoms with Gasteiger partial charge in [-0.2, -0.15) is 4.98 Å². The van der Waals surface area contributed by atoms with Crippen molar-refractivity contribution in [3.05, 3.63) is 47.7 Å². The van der Waals surface area contributed by atoms with E-state index in [0.717, 1.165) is 15.4 Å². The predicted molar refractivity (Wildman–Crippen MR) is 109 cm³/mol. The second kappa shape index (κ2) is 8.62. The molecule has 0 bridgehead atoms. The molecule has 154 valence electrons. The number of likely N-dealkylation sites (N-methyl/N-ethyl adjacent to an activating group) is 1. The smallest absolute Gasteiger partial charge is 0.246 e. The lowest BCUT2D eigenvalue weighted by Crippen LogP contribution is -2.41. The van der Waals surface area contributed by atoms with Crippen LogP contribution >= 0.6 is 11.3 Å². The highest BCUT2D eigenvalue weighted by molar-refractivity contribution is 7.92. The quantitative estimate of drug-likeness (QED) is 0.533. The van der Waals surface area contributed by atoms with E-state index in [2.05, 4.69) is 10.1 Å². The summed E-state index contributed by atoms with van der Waals surface area (Å²) in [7, 11) is -0.605. The van der Waals surface area contributed by atoms with E-state index < -0.39 is 15.9 Å². The van der Waals surface area contributed by atoms with Gasteiger partial charge in [0.15, 0.2) is 0 Å². The lowest BCUT2D eigenvalue weighted by molar-refractivity contribution is -0.129. The number of carbonyl (C=O) groups excluding carboxylic acids is 1. The first-order valence-electron chi connectivity index (χ1n) is 8.50. The van der Waals surface area contributed by atoms with Gasteiger partial charge in [-0.1, -0.05) is 11.2 Å². The van der Waals surface area contributed by atoms with E-state index in [9.17, 15) is 13.2 Å². The molecule has 0 radical (unpaired) electrons. The van der Waals surface area contributed by atoms with Crippen LogP contribution in [0, 0.1) is 0 Å². The number of rotatable bonds is 8. The van der Waals surface area contributed by atoms with E-state index in [1.54, 1.807) is 31.3 Å². The minimum atomic E-state index is -3.67. The standard InChI is InChI=1S/C18H20N4O5S2/c1-21(11-16-19-18(20-27-16)15-5-4-10-28-15)17(23)12-22(29(3,24)25)13-6-8-14(26-2)9-7-13/h4-10H,11-12H2,1-3H3. The normalized spacial score (nSPS) is 11.3. The zero-order valence-electron chi connectivity index (χ0n) is 16.1. The molecule has 0 N–H and O–H groups in total. The maximum atomic E-state index is 12.6. The van der Waals surface area contributed by atoms with Crippen LogP contribution in [0.2, 0.25) is 0 Å². The third-order valence-corrected chi connectivity index (χ3v) is 6.05. The molecule has 0 fully saturated rings. The van der Waals surface area contributed by atoms with E-state index >= 15 is 0 Å². The first-order chi connectivity index (χ1) is 13.8. The molecule has 1 aromatic carbocycles. The summed E-state index contributed by atoms with van der Waals surface area (Å²) in [6.45, 7) is -0.287. The van der Waals surface area contributed by atoms with Gasteiger partial charge in [0.25, 0.3) is 0 Å². The highest BCUT2D eigenvalue weighted by Crippen LogP contribution is 2.23. The van der Waals surface area contributed by atoms with Crippen LogP contribution in [0.15, 0.2) is 46.3 Å². The van der Waals surface area contributed by atoms with Crippen molar-refractivity contribution >= 4 is 33.0 Å². The van der Waals surface area contributed by atoms with E-state index in [1.807, 2.05) is 17.5 Å². The van der Waals surface area contributed by atoms with Crippen molar-refractivity contribution in [2.75, 3.05) is 31.3 Å². The summed E-state index contributed by atoms with van der Waals surface area (Å²) in [6, 6.07) is 10.2. The molecule has 1 amide bonds. The van der Waals surface area contributed by atoms with Gasteiger partial charge in [0.1, 0.15) is 12.3 Å². The minimum Gasteiger partial charge on any atom is -0.497 e. The number of hydrogen-bond acceptors (Lipinski definition) is 8. The maximum Gasteiger partial charge on any atom is 0.246 e. The Balaban J connectivity index is 1.70. The molecule has 0 aliphatic heterocycles. The molecular formula is C18H20N4O5S2. The molecule has 3 rings (SSSR count). The number of methoxy groups -OCH3 is 1. The fourth-order valence-electron chi connectivity index (χ4n) is 2.51. The molecule has 2 heterocycles. The molecule has 3 aromatic rings. The molecule has 0 atom stereocenters. The molecule has 29 heavy (non-hydrogen) atoms. The van der Waals surface area contributed by atoms with Crippen molar-refractivity contribution in [2.45, 2.75) is 6.54 Å². The van der Waals surface area contributed by atoms with E-state index in [4.69, 9.17) is 9.26 Å². The molecule has 0 saturated heterocycles. The Bertz CT molecular complexity index is 1060. The number of sulfonamides is 1. The van der Waals surface area contributed by atoms with Crippen LogP contribution in [0.1, 0.15) is 5.89 Å². The van der Waals surface area contributed by atoms with Crippen LogP contribution in [0.4, 0.5) is 5.69 Å². The molecule has 0 saturated carbocycles. The van der Waals surface area contributed by atoms with Gasteiger partial charge in [-0.25, -0.2) is 8.42 Å². The third-order valence-electron chi connectivity index (χ3n) is 4.05. The summed E-state index contributed by atoms with van der Waals surface area (Å²) in [5.74, 6) is 0.886. The molecular weight excluding hydrogens is 416 g/mol. The molecule has 11 heteroatoms. The summed E-state index contributed by atoms with van der Waals surface area (Å²) < 4.78 is 35.8. The average Bonchev–Trinajstić information content (AvgIpc) is 3.36. The number of aromatic nitrogens is 2. The van der Waals surface area contributed by atoms with E-state index in [0.29, 0.717) is 17.3 Å². The van der Waals surface area contributed by atoms with Crippen LogP contribution in [0.3, 0.4) is 0 Å². The van der Waals surface area contributed by atoms with Crippen LogP contribution in [-0.4, -0.2) is 56.3 Å². The summed E-state index contributed by atoms with van der Waals surface area (Å²) in [5.41, 5.74) is 0.368. The Hall–Kier alpha value is -2.92. The summed E-state index contributed by atoms with van der Waals surface area (Å²) in [4.78, 5) is 19.1. The zero-order chi connectivity index (χ0) is 21.0. The Morgan fingerprint density at radius 3 is 2.55 bits per heavy atom. The number of hydrogen-bond donors (Lipinski definition) is 0. The number of carbonyl (C=O) groups is 1. The van der Waals surface area contributed by atoms with E-state index in [-0.39, 0.29) is 19.0 Å². The van der Waals surface area contributed by atoms with Crippen LogP contribution in [0.5, 0.6) is 5.75 Å². The molecule has 0 unspecified atom stereocenters. The number of thiophene rings is 1. The first kappa shape index (κ1) is 20.8. The third kappa shape index (κ3) is 5.12. The van der Waals surface area contributed by atoms with Crippen LogP contribution < -0.4 is 9.04 Å². The predicted octanol–water partition coefficient (Wildman–Crippen LogP) is 2.23. The van der Waals surface area contributed by atoms with Gasteiger partial charge in [-0.05, 0) is 35.7 Å². The number of amides is 1. The summed E-state index contributed by atoms with van der Waals surface area (Å²) in [6.07, 6.45) is 1.05. The molecule has 9 nitrogen and oxygen atoms in total. The van der Waals surface area contributed by atoms with Crippen molar-refractivity contribution in [1.82, 2.24) is 15.0 Å². The Morgan fingerprint density at radius 2 is 1.97 bits per heavy atom. The minimum absolute atomic E-state index is 0.0669. The first-order valence-corrected chi connectivity index (χ1v) is 11.2. The molecule has 2 aromatic heterocycles. The van der Waals surface area contributed by atoms with Crippen LogP contribution in [-0.2, 0) is 21.4 Å². The number of benzene rings is 1. The lowest BCUT2D eigenvalue weighted by Gasteiger charge is -2.24. The van der Waals surface area contributed by atoms with Gasteiger partial charge in [-0.3, -0.25) is 9.10 Å². The lowest BCUT2D eigenvalue weighted by atomic mass is 10.3. The number of anilines is 1. The fourth-order valence-corrected chi connectivity index (χ4v) is 4.01. The van der Waals surface area contributed by atoms with Crippen LogP contribution in [0.25, 0.3) is 10.7 Å². The van der Waals surface area contributed by atoms with Crippen molar-refractivity contribution in [2.24, 2.45) is 0 Å². The van der Waals surface area contributed by atoms with Crippen molar-refractivity contribution in [3.8, 4) is 16.5 Å². The maximum absolute atomic E-state index is 12.6. The van der Waals surface area contributed by atoms with Gasteiger partial charge in [0.05, 0.1) is 30.5 Å². The average molecular weight is 437 g/mol. The van der Waals surface area contributed by atoms with Crippen molar-refractivity contribution in [1.29, 1.82) is 0 Å². The Morgan fingerprint density at radius 1 is 1.24 bits per heavy atom. The highest BCUT2D eigenvalue weighted by atomic mass is 32.2. The second-order valence-electron chi connectivity index (χ2n) is 6.21. The monoisotopic (exact) mass is 436 g/mol. The van der Waals surface area contributed by atoms with Gasteiger partial charge < -0.3 is 14.2 Å². The molecule has 0 aliphatic carbocycles. The largest absolute Gasteiger partial charge is 0.497 e.